The third-order valence-corrected chi connectivity index (χ3v) is 3.53. The van der Waals surface area contributed by atoms with E-state index in [9.17, 15) is 4.79 Å². The number of likely N-dealkylation sites (N-methyl/N-ethyl adjacent to an activating group) is 1. The summed E-state index contributed by atoms with van der Waals surface area (Å²) in [5.41, 5.74) is 1.88. The number of para-hydroxylation sites is 1. The van der Waals surface area contributed by atoms with Crippen LogP contribution in [0.25, 0.3) is 0 Å². The van der Waals surface area contributed by atoms with E-state index in [4.69, 9.17) is 0 Å². The van der Waals surface area contributed by atoms with Crippen LogP contribution in [0.5, 0.6) is 0 Å². The zero-order chi connectivity index (χ0) is 12.3. The summed E-state index contributed by atoms with van der Waals surface area (Å²) in [6.07, 6.45) is 3.39. The number of hydrogen-bond acceptors (Lipinski definition) is 3. The number of aldehydes is 1. The van der Waals surface area contributed by atoms with Crippen LogP contribution < -0.4 is 4.90 Å². The van der Waals surface area contributed by atoms with E-state index in [2.05, 4.69) is 23.9 Å². The van der Waals surface area contributed by atoms with Gasteiger partial charge < -0.3 is 9.80 Å². The van der Waals surface area contributed by atoms with Gasteiger partial charge in [0.05, 0.1) is 0 Å². The summed E-state index contributed by atoms with van der Waals surface area (Å²) in [5, 5.41) is 0. The van der Waals surface area contributed by atoms with Gasteiger partial charge in [-0.25, -0.2) is 0 Å². The number of rotatable bonds is 3. The summed E-state index contributed by atoms with van der Waals surface area (Å²) < 4.78 is 0. The van der Waals surface area contributed by atoms with Crippen LogP contribution in [0, 0.1) is 0 Å². The van der Waals surface area contributed by atoms with E-state index < -0.39 is 0 Å². The highest BCUT2D eigenvalue weighted by atomic mass is 16.1. The minimum Gasteiger partial charge on any atom is -0.369 e. The standard InChI is InChI=1S/C14H20N2O/c1-15(2)13-7-5-9-16(10-13)14-8-4-3-6-12(14)11-17/h3-4,6,8,11,13H,5,7,9-10H2,1-2H3. The lowest BCUT2D eigenvalue weighted by atomic mass is 10.0. The van der Waals surface area contributed by atoms with Crippen LogP contribution in [0.3, 0.4) is 0 Å². The molecule has 1 aliphatic rings. The minimum atomic E-state index is 0.587. The van der Waals surface area contributed by atoms with E-state index in [1.54, 1.807) is 0 Å². The van der Waals surface area contributed by atoms with E-state index in [1.165, 1.54) is 12.8 Å². The van der Waals surface area contributed by atoms with Crippen molar-refractivity contribution in [2.24, 2.45) is 0 Å². The van der Waals surface area contributed by atoms with Gasteiger partial charge in [0.2, 0.25) is 0 Å². The highest BCUT2D eigenvalue weighted by Crippen LogP contribution is 2.24. The Morgan fingerprint density at radius 2 is 2.12 bits per heavy atom. The zero-order valence-corrected chi connectivity index (χ0v) is 10.6. The lowest BCUT2D eigenvalue weighted by molar-refractivity contribution is 0.112. The molecular formula is C14H20N2O. The van der Waals surface area contributed by atoms with Crippen LogP contribution in [-0.4, -0.2) is 44.4 Å². The first kappa shape index (κ1) is 12.1. The largest absolute Gasteiger partial charge is 0.369 e. The highest BCUT2D eigenvalue weighted by Gasteiger charge is 2.22. The van der Waals surface area contributed by atoms with Gasteiger partial charge in [0.15, 0.2) is 6.29 Å². The Morgan fingerprint density at radius 3 is 2.82 bits per heavy atom. The van der Waals surface area contributed by atoms with E-state index in [0.717, 1.165) is 30.6 Å². The molecule has 0 aliphatic carbocycles. The highest BCUT2D eigenvalue weighted by molar-refractivity contribution is 5.84. The molecular weight excluding hydrogens is 212 g/mol. The molecule has 1 fully saturated rings. The van der Waals surface area contributed by atoms with Crippen molar-refractivity contribution < 1.29 is 4.79 Å². The summed E-state index contributed by atoms with van der Waals surface area (Å²) in [7, 11) is 4.25. The molecule has 1 atom stereocenters. The Kier molecular flexibility index (Phi) is 3.79. The van der Waals surface area contributed by atoms with Gasteiger partial charge >= 0.3 is 0 Å². The maximum absolute atomic E-state index is 11.0. The van der Waals surface area contributed by atoms with Gasteiger partial charge in [0, 0.05) is 30.4 Å². The number of benzene rings is 1. The van der Waals surface area contributed by atoms with Crippen molar-refractivity contribution in [1.29, 1.82) is 0 Å². The molecule has 0 spiro atoms. The second kappa shape index (κ2) is 5.32. The molecule has 3 heteroatoms. The zero-order valence-electron chi connectivity index (χ0n) is 10.6. The lowest BCUT2D eigenvalue weighted by Gasteiger charge is -2.38. The van der Waals surface area contributed by atoms with Crippen molar-refractivity contribution in [3.63, 3.8) is 0 Å². The molecule has 92 valence electrons. The molecule has 17 heavy (non-hydrogen) atoms. The Labute approximate surface area is 103 Å². The second-order valence-corrected chi connectivity index (χ2v) is 4.88. The molecule has 0 bridgehead atoms. The first-order valence-electron chi connectivity index (χ1n) is 6.18. The van der Waals surface area contributed by atoms with Crippen molar-refractivity contribution >= 4 is 12.0 Å². The van der Waals surface area contributed by atoms with Gasteiger partial charge in [0.1, 0.15) is 0 Å². The van der Waals surface area contributed by atoms with E-state index in [1.807, 2.05) is 24.3 Å². The molecule has 0 amide bonds. The van der Waals surface area contributed by atoms with Gasteiger partial charge in [-0.3, -0.25) is 4.79 Å². The third-order valence-electron chi connectivity index (χ3n) is 3.53. The number of hydrogen-bond donors (Lipinski definition) is 0. The first-order valence-corrected chi connectivity index (χ1v) is 6.18. The molecule has 3 nitrogen and oxygen atoms in total. The smallest absolute Gasteiger partial charge is 0.152 e. The summed E-state index contributed by atoms with van der Waals surface area (Å²) in [5.74, 6) is 0. The number of piperidine rings is 1. The normalized spacial score (nSPS) is 20.6. The SMILES string of the molecule is CN(C)C1CCCN(c2ccccc2C=O)C1. The second-order valence-electron chi connectivity index (χ2n) is 4.88. The van der Waals surface area contributed by atoms with Gasteiger partial charge in [-0.2, -0.15) is 0 Å². The number of carbonyl (C=O) groups excluding carboxylic acids is 1. The van der Waals surface area contributed by atoms with Gasteiger partial charge in [-0.15, -0.1) is 0 Å². The predicted molar refractivity (Wildman–Crippen MR) is 70.8 cm³/mol. The van der Waals surface area contributed by atoms with Crippen LogP contribution in [0.1, 0.15) is 23.2 Å². The molecule has 1 unspecified atom stereocenters. The molecule has 2 rings (SSSR count). The molecule has 0 aromatic heterocycles. The lowest BCUT2D eigenvalue weighted by Crippen LogP contribution is -2.45. The number of carbonyl (C=O) groups is 1. The van der Waals surface area contributed by atoms with Crippen molar-refractivity contribution in [1.82, 2.24) is 4.90 Å². The summed E-state index contributed by atoms with van der Waals surface area (Å²) >= 11 is 0. The van der Waals surface area contributed by atoms with Gasteiger partial charge in [-0.05, 0) is 39.1 Å². The number of anilines is 1. The maximum Gasteiger partial charge on any atom is 0.152 e. The fraction of sp³-hybridized carbons (Fsp3) is 0.500. The van der Waals surface area contributed by atoms with E-state index in [0.29, 0.717) is 6.04 Å². The summed E-state index contributed by atoms with van der Waals surface area (Å²) in [6, 6.07) is 8.44. The molecule has 0 N–H and O–H groups in total. The molecule has 1 aliphatic heterocycles. The monoisotopic (exact) mass is 232 g/mol. The van der Waals surface area contributed by atoms with Crippen LogP contribution >= 0.6 is 0 Å². The Bertz CT molecular complexity index is 390. The van der Waals surface area contributed by atoms with E-state index >= 15 is 0 Å². The molecule has 1 saturated heterocycles. The predicted octanol–water partition coefficient (Wildman–Crippen LogP) is 2.03. The molecule has 1 heterocycles. The van der Waals surface area contributed by atoms with Crippen molar-refractivity contribution in [3.05, 3.63) is 29.8 Å². The van der Waals surface area contributed by atoms with E-state index in [-0.39, 0.29) is 0 Å². The average Bonchev–Trinajstić information content (AvgIpc) is 2.39. The first-order chi connectivity index (χ1) is 8.22. The summed E-state index contributed by atoms with van der Waals surface area (Å²) in [6.45, 7) is 2.06. The molecule has 1 aromatic rings. The van der Waals surface area contributed by atoms with Crippen LogP contribution in [0.4, 0.5) is 5.69 Å². The number of nitrogens with zero attached hydrogens (tertiary/aromatic N) is 2. The molecule has 0 radical (unpaired) electrons. The van der Waals surface area contributed by atoms with Gasteiger partial charge in [0.25, 0.3) is 0 Å². The quantitative estimate of drug-likeness (QED) is 0.745. The van der Waals surface area contributed by atoms with Gasteiger partial charge in [-0.1, -0.05) is 12.1 Å². The van der Waals surface area contributed by atoms with Crippen LogP contribution in [0.2, 0.25) is 0 Å². The Hall–Kier alpha value is -1.35. The molecule has 0 saturated carbocycles. The topological polar surface area (TPSA) is 23.6 Å². The Morgan fingerprint density at radius 1 is 1.35 bits per heavy atom. The van der Waals surface area contributed by atoms with Crippen molar-refractivity contribution in [2.75, 3.05) is 32.1 Å². The molecule has 1 aromatic carbocycles. The van der Waals surface area contributed by atoms with Crippen molar-refractivity contribution in [3.8, 4) is 0 Å². The maximum atomic E-state index is 11.0. The van der Waals surface area contributed by atoms with Crippen molar-refractivity contribution in [2.45, 2.75) is 18.9 Å². The summed E-state index contributed by atoms with van der Waals surface area (Å²) in [4.78, 5) is 15.7. The third kappa shape index (κ3) is 2.67. The fourth-order valence-corrected chi connectivity index (χ4v) is 2.47. The van der Waals surface area contributed by atoms with Crippen LogP contribution in [-0.2, 0) is 0 Å². The Balaban J connectivity index is 2.18. The minimum absolute atomic E-state index is 0.587. The average molecular weight is 232 g/mol. The fourth-order valence-electron chi connectivity index (χ4n) is 2.47. The van der Waals surface area contributed by atoms with Crippen LogP contribution in [0.15, 0.2) is 24.3 Å².